The van der Waals surface area contributed by atoms with Crippen LogP contribution in [0.1, 0.15) is 19.4 Å². The normalized spacial score (nSPS) is 12.3. The molecule has 16 heavy (non-hydrogen) atoms. The van der Waals surface area contributed by atoms with Crippen LogP contribution in [0.15, 0.2) is 28.9 Å². The molecular formula is C13H17BrN2. The van der Waals surface area contributed by atoms with E-state index in [9.17, 15) is 0 Å². The van der Waals surface area contributed by atoms with Gasteiger partial charge in [-0.2, -0.15) is 0 Å². The summed E-state index contributed by atoms with van der Waals surface area (Å²) in [6.07, 6.45) is 2.98. The summed E-state index contributed by atoms with van der Waals surface area (Å²) in [6.45, 7) is 4.11. The van der Waals surface area contributed by atoms with Gasteiger partial charge in [0, 0.05) is 34.2 Å². The van der Waals surface area contributed by atoms with Gasteiger partial charge in [-0.15, -0.1) is 0 Å². The van der Waals surface area contributed by atoms with Crippen molar-refractivity contribution in [1.29, 1.82) is 0 Å². The minimum Gasteiger partial charge on any atom is -0.349 e. The van der Waals surface area contributed by atoms with Crippen molar-refractivity contribution in [2.45, 2.75) is 25.8 Å². The van der Waals surface area contributed by atoms with Crippen LogP contribution in [0.5, 0.6) is 0 Å². The lowest BCUT2D eigenvalue weighted by molar-refractivity contribution is 0.517. The molecule has 0 spiro atoms. The number of halogens is 1. The molecule has 86 valence electrons. The minimum absolute atomic E-state index is 0.157. The topological polar surface area (TPSA) is 30.9 Å². The fourth-order valence-corrected chi connectivity index (χ4v) is 2.66. The number of rotatable bonds is 2. The molecule has 2 aromatic rings. The van der Waals surface area contributed by atoms with E-state index in [1.807, 2.05) is 0 Å². The summed E-state index contributed by atoms with van der Waals surface area (Å²) in [4.78, 5) is 0. The molecule has 0 fully saturated rings. The van der Waals surface area contributed by atoms with Crippen LogP contribution in [0, 0.1) is 0 Å². The Morgan fingerprint density at radius 3 is 2.69 bits per heavy atom. The summed E-state index contributed by atoms with van der Waals surface area (Å²) < 4.78 is 3.27. The quantitative estimate of drug-likeness (QED) is 0.900. The third-order valence-corrected chi connectivity index (χ3v) is 3.30. The fraction of sp³-hybridized carbons (Fsp3) is 0.385. The van der Waals surface area contributed by atoms with Crippen molar-refractivity contribution >= 4 is 26.8 Å². The van der Waals surface area contributed by atoms with Crippen LogP contribution in [-0.4, -0.2) is 10.1 Å². The highest BCUT2D eigenvalue weighted by molar-refractivity contribution is 9.10. The average molecular weight is 281 g/mol. The Kier molecular flexibility index (Phi) is 2.84. The molecule has 0 aliphatic rings. The van der Waals surface area contributed by atoms with Crippen molar-refractivity contribution < 1.29 is 0 Å². The van der Waals surface area contributed by atoms with Gasteiger partial charge in [-0.3, -0.25) is 0 Å². The van der Waals surface area contributed by atoms with Crippen LogP contribution < -0.4 is 5.73 Å². The van der Waals surface area contributed by atoms with Gasteiger partial charge >= 0.3 is 0 Å². The number of nitrogens with two attached hydrogens (primary N) is 1. The van der Waals surface area contributed by atoms with Gasteiger partial charge in [0.15, 0.2) is 0 Å². The molecule has 2 rings (SSSR count). The third-order valence-electron chi connectivity index (χ3n) is 2.67. The van der Waals surface area contributed by atoms with Gasteiger partial charge in [-0.1, -0.05) is 12.1 Å². The van der Waals surface area contributed by atoms with Crippen LogP contribution in [0.25, 0.3) is 10.9 Å². The lowest BCUT2D eigenvalue weighted by Gasteiger charge is -2.18. The molecular weight excluding hydrogens is 264 g/mol. The summed E-state index contributed by atoms with van der Waals surface area (Å²) >= 11 is 3.56. The van der Waals surface area contributed by atoms with E-state index in [0.717, 1.165) is 10.9 Å². The molecule has 3 heteroatoms. The van der Waals surface area contributed by atoms with Gasteiger partial charge in [-0.05, 0) is 47.8 Å². The molecule has 0 saturated heterocycles. The maximum Gasteiger partial charge on any atom is 0.0492 e. The molecule has 1 aromatic carbocycles. The van der Waals surface area contributed by atoms with E-state index in [1.165, 1.54) is 16.5 Å². The van der Waals surface area contributed by atoms with Crippen molar-refractivity contribution in [1.82, 2.24) is 4.57 Å². The molecule has 0 unspecified atom stereocenters. The Bertz CT molecular complexity index is 520. The number of benzene rings is 1. The predicted molar refractivity (Wildman–Crippen MR) is 72.6 cm³/mol. The Balaban J connectivity index is 2.48. The van der Waals surface area contributed by atoms with E-state index in [-0.39, 0.29) is 5.54 Å². The summed E-state index contributed by atoms with van der Waals surface area (Å²) in [5, 5.41) is 1.25. The standard InChI is InChI=1S/C13H17BrN2/c1-13(2,15)7-9-4-5-10-11(14)8-16(3)12(10)6-9/h4-6,8H,7,15H2,1-3H3. The van der Waals surface area contributed by atoms with Crippen LogP contribution in [0.2, 0.25) is 0 Å². The monoisotopic (exact) mass is 280 g/mol. The number of nitrogens with zero attached hydrogens (tertiary/aromatic N) is 1. The molecule has 0 bridgehead atoms. The van der Waals surface area contributed by atoms with Crippen LogP contribution in [0.4, 0.5) is 0 Å². The van der Waals surface area contributed by atoms with E-state index in [0.29, 0.717) is 0 Å². The first-order chi connectivity index (χ1) is 7.37. The Labute approximate surface area is 105 Å². The molecule has 0 radical (unpaired) electrons. The second kappa shape index (κ2) is 3.90. The van der Waals surface area contributed by atoms with Crippen molar-refractivity contribution in [3.05, 3.63) is 34.4 Å². The summed E-state index contributed by atoms with van der Waals surface area (Å²) in [5.74, 6) is 0. The summed E-state index contributed by atoms with van der Waals surface area (Å²) in [7, 11) is 2.06. The molecule has 0 aliphatic carbocycles. The lowest BCUT2D eigenvalue weighted by atomic mass is 9.96. The average Bonchev–Trinajstić information content (AvgIpc) is 2.40. The Morgan fingerprint density at radius 1 is 1.38 bits per heavy atom. The van der Waals surface area contributed by atoms with Gasteiger partial charge in [0.05, 0.1) is 0 Å². The number of fused-ring (bicyclic) bond motifs is 1. The van der Waals surface area contributed by atoms with Crippen molar-refractivity contribution in [2.75, 3.05) is 0 Å². The van der Waals surface area contributed by atoms with Crippen LogP contribution in [-0.2, 0) is 13.5 Å². The number of aryl methyl sites for hydroxylation is 1. The second-order valence-corrected chi connectivity index (χ2v) is 5.96. The SMILES string of the molecule is Cn1cc(Br)c2ccc(CC(C)(C)N)cc21. The molecule has 0 amide bonds. The number of hydrogen-bond acceptors (Lipinski definition) is 1. The highest BCUT2D eigenvalue weighted by Gasteiger charge is 2.13. The largest absolute Gasteiger partial charge is 0.349 e. The van der Waals surface area contributed by atoms with E-state index in [1.54, 1.807) is 0 Å². The first kappa shape index (κ1) is 11.7. The second-order valence-electron chi connectivity index (χ2n) is 5.10. The van der Waals surface area contributed by atoms with Gasteiger partial charge in [0.2, 0.25) is 0 Å². The first-order valence-corrected chi connectivity index (χ1v) is 6.18. The zero-order chi connectivity index (χ0) is 11.9. The smallest absolute Gasteiger partial charge is 0.0492 e. The molecule has 0 saturated carbocycles. The van der Waals surface area contributed by atoms with Gasteiger partial charge in [0.1, 0.15) is 0 Å². The lowest BCUT2D eigenvalue weighted by Crippen LogP contribution is -2.34. The number of hydrogen-bond donors (Lipinski definition) is 1. The Morgan fingerprint density at radius 2 is 2.06 bits per heavy atom. The van der Waals surface area contributed by atoms with Gasteiger partial charge < -0.3 is 10.3 Å². The molecule has 2 nitrogen and oxygen atoms in total. The summed E-state index contributed by atoms with van der Waals surface area (Å²) in [6, 6.07) is 6.52. The zero-order valence-corrected chi connectivity index (χ0v) is 11.5. The van der Waals surface area contributed by atoms with E-state index >= 15 is 0 Å². The zero-order valence-electron chi connectivity index (χ0n) is 9.92. The van der Waals surface area contributed by atoms with E-state index < -0.39 is 0 Å². The van der Waals surface area contributed by atoms with Crippen molar-refractivity contribution in [3.8, 4) is 0 Å². The molecule has 1 aromatic heterocycles. The van der Waals surface area contributed by atoms with Crippen LogP contribution >= 0.6 is 15.9 Å². The fourth-order valence-electron chi connectivity index (χ4n) is 2.02. The first-order valence-electron chi connectivity index (χ1n) is 5.39. The Hall–Kier alpha value is -0.800. The molecule has 2 N–H and O–H groups in total. The van der Waals surface area contributed by atoms with Gasteiger partial charge in [0.25, 0.3) is 0 Å². The highest BCUT2D eigenvalue weighted by Crippen LogP contribution is 2.27. The molecule has 0 atom stereocenters. The van der Waals surface area contributed by atoms with E-state index in [4.69, 9.17) is 5.73 Å². The maximum absolute atomic E-state index is 6.04. The van der Waals surface area contributed by atoms with Crippen molar-refractivity contribution in [3.63, 3.8) is 0 Å². The summed E-state index contributed by atoms with van der Waals surface area (Å²) in [5.41, 5.74) is 8.41. The van der Waals surface area contributed by atoms with Gasteiger partial charge in [-0.25, -0.2) is 0 Å². The van der Waals surface area contributed by atoms with Crippen molar-refractivity contribution in [2.24, 2.45) is 12.8 Å². The highest BCUT2D eigenvalue weighted by atomic mass is 79.9. The van der Waals surface area contributed by atoms with Crippen LogP contribution in [0.3, 0.4) is 0 Å². The number of aromatic nitrogens is 1. The minimum atomic E-state index is -0.157. The predicted octanol–water partition coefficient (Wildman–Crippen LogP) is 3.22. The maximum atomic E-state index is 6.04. The molecule has 1 heterocycles. The van der Waals surface area contributed by atoms with E-state index in [2.05, 4.69) is 65.8 Å². The molecule has 0 aliphatic heterocycles. The third kappa shape index (κ3) is 2.30.